The maximum Gasteiger partial charge on any atom is 0.224 e. The predicted octanol–water partition coefficient (Wildman–Crippen LogP) is 2.92. The minimum absolute atomic E-state index is 0.108. The third-order valence-electron chi connectivity index (χ3n) is 3.14. The molecule has 1 fully saturated rings. The summed E-state index contributed by atoms with van der Waals surface area (Å²) in [6, 6.07) is 4.63. The Hall–Kier alpha value is -0.940. The third-order valence-corrected chi connectivity index (χ3v) is 3.63. The van der Waals surface area contributed by atoms with Crippen LogP contribution in [0.3, 0.4) is 0 Å². The standard InChI is InChI=1S/C13H16BrFN2O/c14-10-1-2-12(11(15)8-10)17-13(18)7-9-3-5-16-6-4-9/h1-2,8-9,16H,3-7H2,(H,17,18). The highest BCUT2D eigenvalue weighted by Crippen LogP contribution is 2.21. The highest BCUT2D eigenvalue weighted by atomic mass is 79.9. The summed E-state index contributed by atoms with van der Waals surface area (Å²) >= 11 is 3.18. The molecule has 1 aliphatic heterocycles. The molecule has 2 rings (SSSR count). The van der Waals surface area contributed by atoms with E-state index in [-0.39, 0.29) is 11.6 Å². The van der Waals surface area contributed by atoms with Crippen LogP contribution in [0.2, 0.25) is 0 Å². The second kappa shape index (κ2) is 6.29. The number of hydrogen-bond acceptors (Lipinski definition) is 2. The van der Waals surface area contributed by atoms with E-state index < -0.39 is 5.82 Å². The molecule has 0 bridgehead atoms. The number of halogens is 2. The van der Waals surface area contributed by atoms with Gasteiger partial charge in [0, 0.05) is 10.9 Å². The highest BCUT2D eigenvalue weighted by molar-refractivity contribution is 9.10. The monoisotopic (exact) mass is 314 g/mol. The fourth-order valence-electron chi connectivity index (χ4n) is 2.14. The number of carbonyl (C=O) groups excluding carboxylic acids is 1. The van der Waals surface area contributed by atoms with E-state index >= 15 is 0 Å². The zero-order chi connectivity index (χ0) is 13.0. The average molecular weight is 315 g/mol. The van der Waals surface area contributed by atoms with Gasteiger partial charge >= 0.3 is 0 Å². The molecule has 18 heavy (non-hydrogen) atoms. The Morgan fingerprint density at radius 1 is 1.44 bits per heavy atom. The van der Waals surface area contributed by atoms with Gasteiger partial charge in [-0.25, -0.2) is 4.39 Å². The molecule has 0 unspecified atom stereocenters. The molecule has 0 spiro atoms. The molecule has 0 aliphatic carbocycles. The molecule has 98 valence electrons. The molecule has 1 saturated heterocycles. The minimum atomic E-state index is -0.414. The van der Waals surface area contributed by atoms with Crippen molar-refractivity contribution in [3.05, 3.63) is 28.5 Å². The molecular formula is C13H16BrFN2O. The Balaban J connectivity index is 1.90. The zero-order valence-electron chi connectivity index (χ0n) is 10.0. The summed E-state index contributed by atoms with van der Waals surface area (Å²) in [4.78, 5) is 11.8. The van der Waals surface area contributed by atoms with E-state index in [1.165, 1.54) is 6.07 Å². The quantitative estimate of drug-likeness (QED) is 0.900. The summed E-state index contributed by atoms with van der Waals surface area (Å²) < 4.78 is 14.2. The third kappa shape index (κ3) is 3.78. The predicted molar refractivity (Wildman–Crippen MR) is 72.9 cm³/mol. The van der Waals surface area contributed by atoms with E-state index in [2.05, 4.69) is 26.6 Å². The van der Waals surface area contributed by atoms with Crippen LogP contribution in [0.1, 0.15) is 19.3 Å². The normalized spacial score (nSPS) is 16.6. The first kappa shape index (κ1) is 13.5. The second-order valence-corrected chi connectivity index (χ2v) is 5.49. The highest BCUT2D eigenvalue weighted by Gasteiger charge is 2.17. The minimum Gasteiger partial charge on any atom is -0.324 e. The maximum atomic E-state index is 13.5. The lowest BCUT2D eigenvalue weighted by molar-refractivity contribution is -0.117. The summed E-state index contributed by atoms with van der Waals surface area (Å²) in [5, 5.41) is 5.89. The number of rotatable bonds is 3. The van der Waals surface area contributed by atoms with Gasteiger partial charge in [-0.05, 0) is 50.0 Å². The van der Waals surface area contributed by atoms with Crippen molar-refractivity contribution >= 4 is 27.5 Å². The van der Waals surface area contributed by atoms with Crippen LogP contribution in [-0.4, -0.2) is 19.0 Å². The number of hydrogen-bond donors (Lipinski definition) is 2. The van der Waals surface area contributed by atoms with E-state index in [1.807, 2.05) is 0 Å². The summed E-state index contributed by atoms with van der Waals surface area (Å²) in [5.74, 6) is -0.115. The van der Waals surface area contributed by atoms with Crippen molar-refractivity contribution in [2.75, 3.05) is 18.4 Å². The summed E-state index contributed by atoms with van der Waals surface area (Å²) in [6.45, 7) is 1.93. The molecule has 2 N–H and O–H groups in total. The van der Waals surface area contributed by atoms with E-state index in [4.69, 9.17) is 0 Å². The smallest absolute Gasteiger partial charge is 0.224 e. The van der Waals surface area contributed by atoms with Gasteiger partial charge in [0.1, 0.15) is 5.82 Å². The van der Waals surface area contributed by atoms with E-state index in [0.29, 0.717) is 16.8 Å². The summed E-state index contributed by atoms with van der Waals surface area (Å²) in [6.07, 6.45) is 2.49. The Kier molecular flexibility index (Phi) is 4.72. The Bertz CT molecular complexity index is 433. The lowest BCUT2D eigenvalue weighted by Crippen LogP contribution is -2.30. The van der Waals surface area contributed by atoms with Gasteiger partial charge in [-0.1, -0.05) is 15.9 Å². The van der Waals surface area contributed by atoms with Crippen molar-refractivity contribution in [2.24, 2.45) is 5.92 Å². The fraction of sp³-hybridized carbons (Fsp3) is 0.462. The van der Waals surface area contributed by atoms with Crippen LogP contribution in [0.4, 0.5) is 10.1 Å². The van der Waals surface area contributed by atoms with E-state index in [9.17, 15) is 9.18 Å². The SMILES string of the molecule is O=C(CC1CCNCC1)Nc1ccc(Br)cc1F. The van der Waals surface area contributed by atoms with Crippen LogP contribution in [0.25, 0.3) is 0 Å². The molecule has 3 nitrogen and oxygen atoms in total. The topological polar surface area (TPSA) is 41.1 Å². The maximum absolute atomic E-state index is 13.5. The average Bonchev–Trinajstić information content (AvgIpc) is 2.34. The number of anilines is 1. The molecule has 0 radical (unpaired) electrons. The van der Waals surface area contributed by atoms with Gasteiger partial charge in [0.25, 0.3) is 0 Å². The molecule has 5 heteroatoms. The van der Waals surface area contributed by atoms with Gasteiger partial charge in [0.15, 0.2) is 0 Å². The lowest BCUT2D eigenvalue weighted by Gasteiger charge is -2.21. The molecular weight excluding hydrogens is 299 g/mol. The first-order valence-corrected chi connectivity index (χ1v) is 6.90. The first-order valence-electron chi connectivity index (χ1n) is 6.11. The van der Waals surface area contributed by atoms with Gasteiger partial charge in [-0.15, -0.1) is 0 Å². The molecule has 1 heterocycles. The largest absolute Gasteiger partial charge is 0.324 e. The van der Waals surface area contributed by atoms with Crippen LogP contribution in [0, 0.1) is 11.7 Å². The van der Waals surface area contributed by atoms with Crippen molar-refractivity contribution in [3.8, 4) is 0 Å². The van der Waals surface area contributed by atoms with Crippen LogP contribution in [0.15, 0.2) is 22.7 Å². The number of nitrogens with one attached hydrogen (secondary N) is 2. The Labute approximate surface area is 114 Å². The number of benzene rings is 1. The van der Waals surface area contributed by atoms with E-state index in [0.717, 1.165) is 25.9 Å². The van der Waals surface area contributed by atoms with E-state index in [1.54, 1.807) is 12.1 Å². The van der Waals surface area contributed by atoms with Crippen LogP contribution < -0.4 is 10.6 Å². The number of piperidine rings is 1. The van der Waals surface area contributed by atoms with Crippen LogP contribution >= 0.6 is 15.9 Å². The van der Waals surface area contributed by atoms with Crippen LogP contribution in [0.5, 0.6) is 0 Å². The number of carbonyl (C=O) groups is 1. The van der Waals surface area contributed by atoms with Gasteiger partial charge in [0.2, 0.25) is 5.91 Å². The molecule has 1 amide bonds. The first-order chi connectivity index (χ1) is 8.65. The molecule has 1 aliphatic rings. The summed E-state index contributed by atoms with van der Waals surface area (Å²) in [7, 11) is 0. The fourth-order valence-corrected chi connectivity index (χ4v) is 2.47. The second-order valence-electron chi connectivity index (χ2n) is 4.57. The summed E-state index contributed by atoms with van der Waals surface area (Å²) in [5.41, 5.74) is 0.247. The molecule has 0 saturated carbocycles. The lowest BCUT2D eigenvalue weighted by atomic mass is 9.94. The van der Waals surface area contributed by atoms with Gasteiger partial charge < -0.3 is 10.6 Å². The van der Waals surface area contributed by atoms with Gasteiger partial charge in [-0.3, -0.25) is 4.79 Å². The Morgan fingerprint density at radius 2 is 2.17 bits per heavy atom. The van der Waals surface area contributed by atoms with Crippen molar-refractivity contribution < 1.29 is 9.18 Å². The van der Waals surface area contributed by atoms with Crippen LogP contribution in [-0.2, 0) is 4.79 Å². The van der Waals surface area contributed by atoms with Crippen molar-refractivity contribution in [3.63, 3.8) is 0 Å². The van der Waals surface area contributed by atoms with Gasteiger partial charge in [-0.2, -0.15) is 0 Å². The zero-order valence-corrected chi connectivity index (χ0v) is 11.6. The molecule has 0 aromatic heterocycles. The van der Waals surface area contributed by atoms with Crippen molar-refractivity contribution in [2.45, 2.75) is 19.3 Å². The molecule has 1 aromatic rings. The Morgan fingerprint density at radius 3 is 2.83 bits per heavy atom. The van der Waals surface area contributed by atoms with Gasteiger partial charge in [0.05, 0.1) is 5.69 Å². The molecule has 0 atom stereocenters. The van der Waals surface area contributed by atoms with Crippen molar-refractivity contribution in [1.29, 1.82) is 0 Å². The number of amides is 1. The van der Waals surface area contributed by atoms with Crippen molar-refractivity contribution in [1.82, 2.24) is 5.32 Å². The molecule has 1 aromatic carbocycles.